The fraction of sp³-hybridized carbons (Fsp3) is 0.542. The summed E-state index contributed by atoms with van der Waals surface area (Å²) in [7, 11) is -1.50. The molecule has 0 aliphatic carbocycles. The second-order valence-corrected chi connectivity index (χ2v) is 42.9. The summed E-state index contributed by atoms with van der Waals surface area (Å²) in [6, 6.07) is 18.5. The zero-order chi connectivity index (χ0) is 83.2. The van der Waals surface area contributed by atoms with Crippen LogP contribution in [0.1, 0.15) is 172 Å². The molecule has 11 amide bonds. The first-order valence-corrected chi connectivity index (χ1v) is 44.8. The van der Waals surface area contributed by atoms with Crippen molar-refractivity contribution in [2.24, 2.45) is 17.1 Å². The number of amides is 11. The third kappa shape index (κ3) is 26.7. The number of carbonyl (C=O) groups is 10. The van der Waals surface area contributed by atoms with Crippen LogP contribution in [-0.2, 0) is 55.5 Å². The Morgan fingerprint density at radius 3 is 1.65 bits per heavy atom. The zero-order valence-electron chi connectivity index (χ0n) is 68.9. The van der Waals surface area contributed by atoms with Crippen molar-refractivity contribution >= 4 is 93.3 Å². The van der Waals surface area contributed by atoms with E-state index >= 15 is 4.79 Å². The van der Waals surface area contributed by atoms with Gasteiger partial charge in [0.1, 0.15) is 25.3 Å². The van der Waals surface area contributed by atoms with Crippen LogP contribution in [0.25, 0.3) is 0 Å². The van der Waals surface area contributed by atoms with Crippen LogP contribution >= 0.6 is 0 Å². The number of rotatable bonds is 40. The highest BCUT2D eigenvalue weighted by Crippen LogP contribution is 2.43. The SMILES string of the molecule is C=C1C[C@@H](CO[Si](C)(C)C(C)(C)C)N(C(=O)c2cc(OC)c(OCCCCCOc3cc(NC(=O)OCc4ccccc4)c(C(=O)N4CC(C)(C)C[C@H]4CO[Si](C)(C)C(C)(C)C)cc3OC)cc2NC(=O)OCc2ccc(NC(=O)[C@H](CCCNC(N)=O)NC(=O)[C@@H](NC(=O)CCCCCN3C(=O)C=CC3=O)C(C)C)cc2)C1. The number of primary amides is 1. The van der Waals surface area contributed by atoms with Crippen LogP contribution in [0.2, 0.25) is 36.3 Å². The molecule has 4 atom stereocenters. The molecule has 4 aromatic rings. The number of carbonyl (C=O) groups excluding carboxylic acids is 10. The van der Waals surface area contributed by atoms with Crippen molar-refractivity contribution in [3.8, 4) is 23.0 Å². The number of nitrogens with zero attached hydrogens (tertiary/aromatic N) is 3. The van der Waals surface area contributed by atoms with E-state index in [0.717, 1.165) is 22.5 Å². The average molecular weight is 1600 g/mol. The lowest BCUT2D eigenvalue weighted by atomic mass is 9.91. The van der Waals surface area contributed by atoms with Gasteiger partial charge >= 0.3 is 18.2 Å². The van der Waals surface area contributed by atoms with Crippen molar-refractivity contribution < 1.29 is 85.2 Å². The van der Waals surface area contributed by atoms with Gasteiger partial charge in [-0.25, -0.2) is 14.4 Å². The van der Waals surface area contributed by atoms with Crippen LogP contribution < -0.4 is 56.6 Å². The Bertz CT molecular complexity index is 4030. The van der Waals surface area contributed by atoms with Crippen LogP contribution in [0.3, 0.4) is 0 Å². The normalized spacial score (nSPS) is 16.2. The topological polar surface area (TPSA) is 352 Å². The van der Waals surface area contributed by atoms with E-state index in [4.69, 9.17) is 43.0 Å². The predicted molar refractivity (Wildman–Crippen MR) is 438 cm³/mol. The number of nitrogens with one attached hydrogen (secondary N) is 6. The summed E-state index contributed by atoms with van der Waals surface area (Å²) in [6.45, 7) is 35.5. The molecule has 8 N–H and O–H groups in total. The summed E-state index contributed by atoms with van der Waals surface area (Å²) in [6.07, 6.45) is 5.58. The van der Waals surface area contributed by atoms with E-state index in [1.807, 2.05) is 35.2 Å². The molecule has 30 heteroatoms. The van der Waals surface area contributed by atoms with Gasteiger partial charge in [0.15, 0.2) is 39.6 Å². The van der Waals surface area contributed by atoms with E-state index in [1.54, 1.807) is 55.1 Å². The Hall–Kier alpha value is -9.79. The van der Waals surface area contributed by atoms with Gasteiger partial charge in [-0.3, -0.25) is 49.1 Å². The average Bonchev–Trinajstić information content (AvgIpc) is 1.70. The van der Waals surface area contributed by atoms with Crippen LogP contribution in [0.15, 0.2) is 103 Å². The number of hydrogen-bond donors (Lipinski definition) is 7. The lowest BCUT2D eigenvalue weighted by molar-refractivity contribution is -0.137. The number of benzene rings is 4. The highest BCUT2D eigenvalue weighted by atomic mass is 28.4. The molecule has 0 radical (unpaired) electrons. The standard InChI is InChI=1S/C83H120N10O18Si2/c1-54(2)73(90-70(94)31-23-19-24-39-91-71(95)36-37-72(91)96)75(98)87-63(30-27-38-85-78(84)101)74(97)86-58-34-32-57(33-35-58)50-109-80(103)88-64-45-68(66(104-12)43-61(64)76(99)92-48-55(3)42-59(92)51-110-112(14,15)81(4,5)6)106-40-25-20-26-41-107-69-46-65(89-79(102)108-49-56-28-21-18-22-29-56)62(44-67(69)105-13)77(100)93-53-83(10,11)47-60(93)52-111-113(16,17)82(7,8)9/h18,21-22,28-29,32-37,43-46,54,59-60,63,73H,3,19-20,23-27,30-31,38-42,47-53H2,1-2,4-17H3,(H,86,97)(H,87,98)(H,88,103)(H,89,102)(H,90,94)(H3,84,85,101)/t59-,60-,63-,73-/m0/s1. The van der Waals surface area contributed by atoms with Gasteiger partial charge in [0.2, 0.25) is 17.7 Å². The van der Waals surface area contributed by atoms with E-state index < -0.39 is 70.6 Å². The summed E-state index contributed by atoms with van der Waals surface area (Å²) in [5.74, 6) is -2.40. The van der Waals surface area contributed by atoms with Crippen LogP contribution in [0, 0.1) is 11.3 Å². The smallest absolute Gasteiger partial charge is 0.411 e. The van der Waals surface area contributed by atoms with Crippen LogP contribution in [-0.4, -0.2) is 182 Å². The Labute approximate surface area is 667 Å². The van der Waals surface area contributed by atoms with Gasteiger partial charge in [-0.15, -0.1) is 0 Å². The molecule has 0 unspecified atom stereocenters. The molecular formula is C83H120N10O18Si2. The third-order valence-corrected chi connectivity index (χ3v) is 30.3. The molecule has 7 rings (SSSR count). The molecule has 618 valence electrons. The maximum atomic E-state index is 15.0. The molecule has 0 bridgehead atoms. The maximum absolute atomic E-state index is 15.0. The largest absolute Gasteiger partial charge is 0.493 e. The summed E-state index contributed by atoms with van der Waals surface area (Å²) in [5, 5.41) is 16.4. The molecule has 0 aromatic heterocycles. The zero-order valence-corrected chi connectivity index (χ0v) is 70.9. The minimum Gasteiger partial charge on any atom is -0.493 e. The molecule has 28 nitrogen and oxygen atoms in total. The summed E-state index contributed by atoms with van der Waals surface area (Å²) in [4.78, 5) is 139. The third-order valence-electron chi connectivity index (χ3n) is 21.3. The van der Waals surface area contributed by atoms with E-state index in [-0.39, 0.29) is 163 Å². The fourth-order valence-corrected chi connectivity index (χ4v) is 14.8. The molecular weight excluding hydrogens is 1480 g/mol. The highest BCUT2D eigenvalue weighted by molar-refractivity contribution is 6.74. The van der Waals surface area contributed by atoms with E-state index in [1.165, 1.54) is 38.5 Å². The van der Waals surface area contributed by atoms with Gasteiger partial charge in [0.05, 0.1) is 75.2 Å². The predicted octanol–water partition coefficient (Wildman–Crippen LogP) is 13.4. The van der Waals surface area contributed by atoms with E-state index in [0.29, 0.717) is 75.1 Å². The van der Waals surface area contributed by atoms with E-state index in [2.05, 4.69) is 120 Å². The van der Waals surface area contributed by atoms with Gasteiger partial charge in [0.25, 0.3) is 23.6 Å². The van der Waals surface area contributed by atoms with Crippen LogP contribution in [0.5, 0.6) is 23.0 Å². The Balaban J connectivity index is 1.02. The molecule has 3 aliphatic rings. The van der Waals surface area contributed by atoms with Crippen molar-refractivity contribution in [2.75, 3.05) is 82.8 Å². The molecule has 2 saturated heterocycles. The van der Waals surface area contributed by atoms with Crippen molar-refractivity contribution in [1.29, 1.82) is 0 Å². The van der Waals surface area contributed by atoms with Gasteiger partial charge in [-0.1, -0.05) is 130 Å². The summed E-state index contributed by atoms with van der Waals surface area (Å²) in [5.41, 5.74) is 8.13. The fourth-order valence-electron chi connectivity index (χ4n) is 12.7. The number of imide groups is 1. The number of ether oxygens (including phenoxy) is 6. The number of unbranched alkanes of at least 4 members (excludes halogenated alkanes) is 4. The second-order valence-electron chi connectivity index (χ2n) is 33.3. The molecule has 0 spiro atoms. The first-order chi connectivity index (χ1) is 53.2. The van der Waals surface area contributed by atoms with Crippen LogP contribution in [0.4, 0.5) is 31.4 Å². The number of anilines is 3. The van der Waals surface area contributed by atoms with Gasteiger partial charge in [0, 0.05) is 62.6 Å². The lowest BCUT2D eigenvalue weighted by Gasteiger charge is -2.38. The molecule has 4 aromatic carbocycles. The number of nitrogens with two attached hydrogens (primary N) is 1. The number of likely N-dealkylation sites (tertiary alicyclic amines) is 2. The minimum atomic E-state index is -2.26. The Morgan fingerprint density at radius 2 is 1.13 bits per heavy atom. The highest BCUT2D eigenvalue weighted by Gasteiger charge is 2.45. The van der Waals surface area contributed by atoms with Crippen molar-refractivity contribution in [1.82, 2.24) is 30.7 Å². The van der Waals surface area contributed by atoms with Gasteiger partial charge < -0.3 is 74.1 Å². The molecule has 3 aliphatic heterocycles. The Kier molecular flexibility index (Phi) is 32.6. The Morgan fingerprint density at radius 1 is 0.619 bits per heavy atom. The van der Waals surface area contributed by atoms with Gasteiger partial charge in [-0.05, 0) is 141 Å². The minimum absolute atomic E-state index is 0.000496. The first kappa shape index (κ1) is 90.4. The van der Waals surface area contributed by atoms with Gasteiger partial charge in [-0.2, -0.15) is 0 Å². The molecule has 113 heavy (non-hydrogen) atoms. The van der Waals surface area contributed by atoms with Crippen molar-refractivity contribution in [3.05, 3.63) is 125 Å². The molecule has 0 saturated carbocycles. The monoisotopic (exact) mass is 1600 g/mol. The van der Waals surface area contributed by atoms with Crippen molar-refractivity contribution in [3.63, 3.8) is 0 Å². The number of hydrogen-bond acceptors (Lipinski definition) is 18. The lowest BCUT2D eigenvalue weighted by Crippen LogP contribution is -2.54. The maximum Gasteiger partial charge on any atom is 0.411 e. The summed E-state index contributed by atoms with van der Waals surface area (Å²) < 4.78 is 49.3. The summed E-state index contributed by atoms with van der Waals surface area (Å²) >= 11 is 0. The number of methoxy groups -OCH3 is 2. The van der Waals surface area contributed by atoms with Crippen molar-refractivity contribution in [2.45, 2.75) is 214 Å². The number of urea groups is 1. The second kappa shape index (κ2) is 40.8. The molecule has 3 heterocycles. The quantitative estimate of drug-likeness (QED) is 0.00941. The van der Waals surface area contributed by atoms with E-state index in [9.17, 15) is 43.2 Å². The molecule has 2 fully saturated rings. The first-order valence-electron chi connectivity index (χ1n) is 38.9.